The van der Waals surface area contributed by atoms with Crippen LogP contribution in [0.1, 0.15) is 51.7 Å². The maximum atomic E-state index is 6.98. The van der Waals surface area contributed by atoms with Gasteiger partial charge in [0.15, 0.2) is 0 Å². The van der Waals surface area contributed by atoms with Gasteiger partial charge in [0.2, 0.25) is 11.6 Å². The largest absolute Gasteiger partial charge is 0.335 e. The third kappa shape index (κ3) is 1.75. The van der Waals surface area contributed by atoms with Gasteiger partial charge in [0.1, 0.15) is 11.2 Å². The molecule has 142 valence electrons. The summed E-state index contributed by atoms with van der Waals surface area (Å²) in [6.45, 7) is 8.93. The lowest BCUT2D eigenvalue weighted by atomic mass is 9.68. The van der Waals surface area contributed by atoms with Gasteiger partial charge in [-0.05, 0) is 12.8 Å². The highest BCUT2D eigenvalue weighted by Crippen LogP contribution is 2.76. The first-order valence-corrected chi connectivity index (χ1v) is 10.2. The van der Waals surface area contributed by atoms with Crippen molar-refractivity contribution >= 4 is 0 Å². The van der Waals surface area contributed by atoms with Crippen LogP contribution in [0, 0.1) is 11.8 Å². The van der Waals surface area contributed by atoms with Crippen molar-refractivity contribution in [3.05, 3.63) is 71.8 Å². The second-order valence-electron chi connectivity index (χ2n) is 8.30. The van der Waals surface area contributed by atoms with E-state index in [-0.39, 0.29) is 23.0 Å². The van der Waals surface area contributed by atoms with Gasteiger partial charge in [-0.15, -0.1) is 0 Å². The van der Waals surface area contributed by atoms with Crippen molar-refractivity contribution in [1.29, 1.82) is 0 Å². The van der Waals surface area contributed by atoms with E-state index in [2.05, 4.69) is 76.2 Å². The van der Waals surface area contributed by atoms with Crippen molar-refractivity contribution in [3.8, 4) is 0 Å². The lowest BCUT2D eigenvalue weighted by Gasteiger charge is -2.52. The predicted molar refractivity (Wildman–Crippen MR) is 104 cm³/mol. The first-order valence-electron chi connectivity index (χ1n) is 10.2. The normalized spacial score (nSPS) is 44.7. The molecule has 0 N–H and O–H groups in total. The third-order valence-electron chi connectivity index (χ3n) is 7.63. The molecule has 4 fully saturated rings. The van der Waals surface area contributed by atoms with Crippen molar-refractivity contribution < 1.29 is 14.2 Å². The highest BCUT2D eigenvalue weighted by molar-refractivity contribution is 5.37. The number of hydrogen-bond acceptors (Lipinski definition) is 3. The summed E-state index contributed by atoms with van der Waals surface area (Å²) in [6, 6.07) is 20.8. The van der Waals surface area contributed by atoms with Gasteiger partial charge >= 0.3 is 0 Å². The maximum Gasteiger partial charge on any atom is 0.204 e. The zero-order chi connectivity index (χ0) is 18.9. The van der Waals surface area contributed by atoms with Crippen molar-refractivity contribution in [2.24, 2.45) is 11.8 Å². The molecule has 4 heterocycles. The highest BCUT2D eigenvalue weighted by atomic mass is 16.9. The molecular formula is C24H28O3. The quantitative estimate of drug-likeness (QED) is 0.732. The van der Waals surface area contributed by atoms with Crippen LogP contribution in [0.5, 0.6) is 0 Å². The Balaban J connectivity index is 1.79. The van der Waals surface area contributed by atoms with Crippen LogP contribution in [-0.2, 0) is 25.8 Å². The van der Waals surface area contributed by atoms with Gasteiger partial charge in [0.25, 0.3) is 0 Å². The summed E-state index contributed by atoms with van der Waals surface area (Å²) in [5.41, 5.74) is 1.43. The minimum atomic E-state index is -0.784. The summed E-state index contributed by atoms with van der Waals surface area (Å²) in [5.74, 6) is -1.37. The van der Waals surface area contributed by atoms with Crippen molar-refractivity contribution in [2.75, 3.05) is 0 Å². The Morgan fingerprint density at radius 3 is 1.33 bits per heavy atom. The second-order valence-corrected chi connectivity index (χ2v) is 8.30. The van der Waals surface area contributed by atoms with Crippen LogP contribution < -0.4 is 0 Å². The van der Waals surface area contributed by atoms with Crippen LogP contribution in [0.25, 0.3) is 0 Å². The zero-order valence-corrected chi connectivity index (χ0v) is 16.6. The first-order chi connectivity index (χ1) is 13.0. The minimum Gasteiger partial charge on any atom is -0.335 e. The molecule has 0 saturated carbocycles. The fourth-order valence-electron chi connectivity index (χ4n) is 6.29. The molecule has 6 atom stereocenters. The molecular weight excluding hydrogens is 336 g/mol. The number of rotatable bonds is 4. The number of ether oxygens (including phenoxy) is 3. The van der Waals surface area contributed by atoms with Gasteiger partial charge in [0.05, 0.1) is 0 Å². The smallest absolute Gasteiger partial charge is 0.204 e. The zero-order valence-electron chi connectivity index (χ0n) is 16.6. The van der Waals surface area contributed by atoms with Crippen LogP contribution in [0.4, 0.5) is 0 Å². The Morgan fingerprint density at radius 2 is 1.00 bits per heavy atom. The SMILES string of the molecule is CC[C@@]12O[C@]3(c4ccccc4)O[C@@](c4ccccc4)(O[C@@]1(CC)[C@@H]3C)[C@H]2C. The number of benzene rings is 2. The van der Waals surface area contributed by atoms with Crippen molar-refractivity contribution in [2.45, 2.75) is 63.3 Å². The second kappa shape index (κ2) is 5.44. The van der Waals surface area contributed by atoms with E-state index in [1.54, 1.807) is 0 Å². The van der Waals surface area contributed by atoms with Crippen molar-refractivity contribution in [3.63, 3.8) is 0 Å². The van der Waals surface area contributed by atoms with E-state index < -0.39 is 11.6 Å². The van der Waals surface area contributed by atoms with E-state index in [1.165, 1.54) is 0 Å². The van der Waals surface area contributed by atoms with Crippen LogP contribution in [0.2, 0.25) is 0 Å². The molecule has 0 spiro atoms. The molecule has 4 aliphatic heterocycles. The van der Waals surface area contributed by atoms with Crippen molar-refractivity contribution in [1.82, 2.24) is 0 Å². The maximum absolute atomic E-state index is 6.98. The topological polar surface area (TPSA) is 27.7 Å². The van der Waals surface area contributed by atoms with Crippen LogP contribution in [-0.4, -0.2) is 11.2 Å². The van der Waals surface area contributed by atoms with E-state index in [0.717, 1.165) is 24.0 Å². The molecule has 27 heavy (non-hydrogen) atoms. The molecule has 4 saturated heterocycles. The minimum absolute atomic E-state index is 0.0964. The van der Waals surface area contributed by atoms with E-state index in [0.29, 0.717) is 0 Å². The standard InChI is InChI=1S/C24H28O3/c1-5-21-17(3)23(19-13-9-7-10-14-19)26-22(21,6-2)18(4)24(25-21,27-23)20-15-11-8-12-16-20/h7-18H,5-6H2,1-4H3/t17-,18-,21-,22-,23-,24-/m0/s1. The van der Waals surface area contributed by atoms with Crippen LogP contribution in [0.3, 0.4) is 0 Å². The summed E-state index contributed by atoms with van der Waals surface area (Å²) < 4.78 is 20.9. The number of hydrogen-bond donors (Lipinski definition) is 0. The van der Waals surface area contributed by atoms with Gasteiger partial charge in [-0.3, -0.25) is 0 Å². The van der Waals surface area contributed by atoms with Gasteiger partial charge in [0, 0.05) is 23.0 Å². The van der Waals surface area contributed by atoms with Gasteiger partial charge in [-0.2, -0.15) is 0 Å². The molecule has 0 aromatic heterocycles. The fourth-order valence-corrected chi connectivity index (χ4v) is 6.29. The monoisotopic (exact) mass is 364 g/mol. The van der Waals surface area contributed by atoms with Crippen LogP contribution >= 0.6 is 0 Å². The molecule has 3 nitrogen and oxygen atoms in total. The highest BCUT2D eigenvalue weighted by Gasteiger charge is 2.85. The Labute approximate surface area is 161 Å². The van der Waals surface area contributed by atoms with E-state index in [1.807, 2.05) is 12.1 Å². The molecule has 4 aliphatic rings. The Bertz CT molecular complexity index is 781. The van der Waals surface area contributed by atoms with Gasteiger partial charge in [-0.1, -0.05) is 88.4 Å². The molecule has 0 aliphatic carbocycles. The van der Waals surface area contributed by atoms with Gasteiger partial charge in [-0.25, -0.2) is 0 Å². The Morgan fingerprint density at radius 1 is 0.630 bits per heavy atom. The fraction of sp³-hybridized carbons (Fsp3) is 0.500. The van der Waals surface area contributed by atoms with E-state index >= 15 is 0 Å². The van der Waals surface area contributed by atoms with E-state index in [9.17, 15) is 0 Å². The third-order valence-corrected chi connectivity index (χ3v) is 7.63. The molecule has 2 aromatic carbocycles. The molecule has 4 bridgehead atoms. The molecule has 6 rings (SSSR count). The average Bonchev–Trinajstić information content (AvgIpc) is 2.98. The lowest BCUT2D eigenvalue weighted by molar-refractivity contribution is -0.447. The van der Waals surface area contributed by atoms with Crippen LogP contribution in [0.15, 0.2) is 60.7 Å². The summed E-state index contributed by atoms with van der Waals surface area (Å²) in [5, 5.41) is 0. The average molecular weight is 364 g/mol. The first kappa shape index (κ1) is 17.4. The molecule has 3 heteroatoms. The lowest BCUT2D eigenvalue weighted by Crippen LogP contribution is -2.57. The Hall–Kier alpha value is -1.68. The summed E-state index contributed by atoms with van der Waals surface area (Å²) >= 11 is 0. The van der Waals surface area contributed by atoms with E-state index in [4.69, 9.17) is 14.2 Å². The molecule has 2 aromatic rings. The summed E-state index contributed by atoms with van der Waals surface area (Å²) in [7, 11) is 0. The summed E-state index contributed by atoms with van der Waals surface area (Å²) in [6.07, 6.45) is 1.80. The Kier molecular flexibility index (Phi) is 3.51. The molecule has 0 radical (unpaired) electrons. The predicted octanol–water partition coefficient (Wildman–Crippen LogP) is 5.35. The van der Waals surface area contributed by atoms with Gasteiger partial charge < -0.3 is 14.2 Å². The molecule has 0 unspecified atom stereocenters. The summed E-state index contributed by atoms with van der Waals surface area (Å²) in [4.78, 5) is 0. The molecule has 0 amide bonds.